The second-order valence-electron chi connectivity index (χ2n) is 5.77. The van der Waals surface area contributed by atoms with Gasteiger partial charge < -0.3 is 10.2 Å². The van der Waals surface area contributed by atoms with Crippen molar-refractivity contribution in [1.82, 2.24) is 5.32 Å². The molecule has 2 amide bonds. The monoisotopic (exact) mass is 330 g/mol. The maximum absolute atomic E-state index is 13.2. The molecule has 6 heteroatoms. The van der Waals surface area contributed by atoms with Gasteiger partial charge in [0, 0.05) is 17.8 Å². The summed E-state index contributed by atoms with van der Waals surface area (Å²) < 4.78 is 26.1. The molecular weight excluding hydrogens is 314 g/mol. The Morgan fingerprint density at radius 1 is 1.12 bits per heavy atom. The molecule has 1 aliphatic rings. The first-order valence-corrected chi connectivity index (χ1v) is 7.59. The summed E-state index contributed by atoms with van der Waals surface area (Å²) in [6.07, 6.45) is 0.460. The van der Waals surface area contributed by atoms with E-state index in [2.05, 4.69) is 5.32 Å². The Morgan fingerprint density at radius 3 is 2.50 bits per heavy atom. The highest BCUT2D eigenvalue weighted by atomic mass is 19.2. The average Bonchev–Trinajstić information content (AvgIpc) is 2.92. The molecule has 1 atom stereocenters. The van der Waals surface area contributed by atoms with E-state index in [4.69, 9.17) is 0 Å². The van der Waals surface area contributed by atoms with Crippen LogP contribution in [-0.2, 0) is 4.79 Å². The van der Waals surface area contributed by atoms with Gasteiger partial charge in [0.2, 0.25) is 5.91 Å². The van der Waals surface area contributed by atoms with Crippen molar-refractivity contribution in [2.75, 3.05) is 11.4 Å². The predicted molar refractivity (Wildman–Crippen MR) is 85.8 cm³/mol. The van der Waals surface area contributed by atoms with E-state index < -0.39 is 23.6 Å². The average molecular weight is 330 g/mol. The van der Waals surface area contributed by atoms with E-state index in [0.29, 0.717) is 13.0 Å². The van der Waals surface area contributed by atoms with Crippen LogP contribution >= 0.6 is 0 Å². The first-order valence-electron chi connectivity index (χ1n) is 7.59. The van der Waals surface area contributed by atoms with Gasteiger partial charge in [-0.3, -0.25) is 9.59 Å². The molecule has 0 spiro atoms. The fourth-order valence-corrected chi connectivity index (χ4v) is 2.67. The second-order valence-corrected chi connectivity index (χ2v) is 5.77. The molecule has 4 nitrogen and oxygen atoms in total. The molecule has 1 aliphatic heterocycles. The molecule has 2 aromatic rings. The van der Waals surface area contributed by atoms with Gasteiger partial charge in [-0.1, -0.05) is 17.7 Å². The topological polar surface area (TPSA) is 49.4 Å². The van der Waals surface area contributed by atoms with Gasteiger partial charge in [0.25, 0.3) is 5.91 Å². The lowest BCUT2D eigenvalue weighted by Gasteiger charge is -2.17. The molecule has 0 radical (unpaired) electrons. The summed E-state index contributed by atoms with van der Waals surface area (Å²) in [5, 5.41) is 2.58. The quantitative estimate of drug-likeness (QED) is 0.941. The summed E-state index contributed by atoms with van der Waals surface area (Å²) >= 11 is 0. The van der Waals surface area contributed by atoms with Crippen molar-refractivity contribution in [3.8, 4) is 0 Å². The Morgan fingerprint density at radius 2 is 1.83 bits per heavy atom. The fraction of sp³-hybridized carbons (Fsp3) is 0.222. The van der Waals surface area contributed by atoms with Gasteiger partial charge in [0.1, 0.15) is 6.04 Å². The van der Waals surface area contributed by atoms with Crippen LogP contribution < -0.4 is 10.2 Å². The van der Waals surface area contributed by atoms with Crippen molar-refractivity contribution >= 4 is 17.5 Å². The number of carbonyl (C=O) groups is 2. The van der Waals surface area contributed by atoms with Gasteiger partial charge in [-0.2, -0.15) is 0 Å². The van der Waals surface area contributed by atoms with Crippen LogP contribution in [0.5, 0.6) is 0 Å². The SMILES string of the molecule is Cc1ccc(N2CCC(NC(=O)c3ccc(F)c(F)c3)C2=O)cc1. The molecule has 0 aliphatic carbocycles. The number of rotatable bonds is 3. The van der Waals surface area contributed by atoms with Crippen LogP contribution in [0, 0.1) is 18.6 Å². The second kappa shape index (κ2) is 6.39. The molecule has 1 unspecified atom stereocenters. The molecule has 0 bridgehead atoms. The summed E-state index contributed by atoms with van der Waals surface area (Å²) in [5.74, 6) is -2.93. The largest absolute Gasteiger partial charge is 0.340 e. The summed E-state index contributed by atoms with van der Waals surface area (Å²) in [6, 6.07) is 9.75. The van der Waals surface area contributed by atoms with E-state index >= 15 is 0 Å². The van der Waals surface area contributed by atoms with Gasteiger partial charge in [-0.25, -0.2) is 8.78 Å². The Bertz CT molecular complexity index is 790. The minimum Gasteiger partial charge on any atom is -0.340 e. The van der Waals surface area contributed by atoms with Crippen LogP contribution in [0.15, 0.2) is 42.5 Å². The fourth-order valence-electron chi connectivity index (χ4n) is 2.67. The summed E-state index contributed by atoms with van der Waals surface area (Å²) in [6.45, 7) is 2.45. The van der Waals surface area contributed by atoms with E-state index in [1.807, 2.05) is 31.2 Å². The maximum Gasteiger partial charge on any atom is 0.252 e. The third kappa shape index (κ3) is 3.13. The number of aryl methyl sites for hydroxylation is 1. The number of nitrogens with zero attached hydrogens (tertiary/aromatic N) is 1. The molecule has 0 aromatic heterocycles. The Hall–Kier alpha value is -2.76. The molecule has 3 rings (SSSR count). The maximum atomic E-state index is 13.2. The van der Waals surface area contributed by atoms with Gasteiger partial charge in [-0.05, 0) is 43.7 Å². The van der Waals surface area contributed by atoms with Gasteiger partial charge >= 0.3 is 0 Å². The zero-order valence-electron chi connectivity index (χ0n) is 13.1. The molecule has 124 valence electrons. The normalized spacial score (nSPS) is 17.2. The van der Waals surface area contributed by atoms with E-state index in [1.54, 1.807) is 4.90 Å². The number of hydrogen-bond donors (Lipinski definition) is 1. The predicted octanol–water partition coefficient (Wildman–Crippen LogP) is 2.81. The van der Waals surface area contributed by atoms with Crippen LogP contribution in [0.25, 0.3) is 0 Å². The molecule has 2 aromatic carbocycles. The van der Waals surface area contributed by atoms with E-state index in [9.17, 15) is 18.4 Å². The van der Waals surface area contributed by atoms with Crippen molar-refractivity contribution in [3.05, 3.63) is 65.2 Å². The third-order valence-electron chi connectivity index (χ3n) is 4.04. The first-order chi connectivity index (χ1) is 11.5. The van der Waals surface area contributed by atoms with Crippen molar-refractivity contribution in [2.45, 2.75) is 19.4 Å². The van der Waals surface area contributed by atoms with Gasteiger partial charge in [0.15, 0.2) is 11.6 Å². The summed E-state index contributed by atoms with van der Waals surface area (Å²) in [4.78, 5) is 26.2. The van der Waals surface area contributed by atoms with Crippen molar-refractivity contribution in [1.29, 1.82) is 0 Å². The van der Waals surface area contributed by atoms with Crippen molar-refractivity contribution < 1.29 is 18.4 Å². The highest BCUT2D eigenvalue weighted by molar-refractivity contribution is 6.03. The van der Waals surface area contributed by atoms with Crippen LogP contribution in [0.4, 0.5) is 14.5 Å². The van der Waals surface area contributed by atoms with Crippen LogP contribution in [-0.4, -0.2) is 24.4 Å². The molecule has 1 fully saturated rings. The number of benzene rings is 2. The van der Waals surface area contributed by atoms with Crippen LogP contribution in [0.1, 0.15) is 22.3 Å². The Balaban J connectivity index is 1.70. The van der Waals surface area contributed by atoms with Crippen LogP contribution in [0.3, 0.4) is 0 Å². The minimum absolute atomic E-state index is 0.0181. The molecule has 24 heavy (non-hydrogen) atoms. The van der Waals surface area contributed by atoms with E-state index in [-0.39, 0.29) is 11.5 Å². The highest BCUT2D eigenvalue weighted by Crippen LogP contribution is 2.22. The van der Waals surface area contributed by atoms with Crippen molar-refractivity contribution in [2.24, 2.45) is 0 Å². The van der Waals surface area contributed by atoms with Gasteiger partial charge in [0.05, 0.1) is 0 Å². The smallest absolute Gasteiger partial charge is 0.252 e. The number of hydrogen-bond acceptors (Lipinski definition) is 2. The Kier molecular flexibility index (Phi) is 4.29. The molecular formula is C18H16F2N2O2. The van der Waals surface area contributed by atoms with Crippen molar-refractivity contribution in [3.63, 3.8) is 0 Å². The van der Waals surface area contributed by atoms with E-state index in [1.165, 1.54) is 6.07 Å². The lowest BCUT2D eigenvalue weighted by molar-refractivity contribution is -0.118. The zero-order valence-corrected chi connectivity index (χ0v) is 13.1. The lowest BCUT2D eigenvalue weighted by Crippen LogP contribution is -2.41. The number of halogens is 2. The number of carbonyl (C=O) groups excluding carboxylic acids is 2. The molecule has 0 saturated carbocycles. The third-order valence-corrected chi connectivity index (χ3v) is 4.04. The summed E-state index contributed by atoms with van der Waals surface area (Å²) in [7, 11) is 0. The zero-order chi connectivity index (χ0) is 17.3. The van der Waals surface area contributed by atoms with Crippen LogP contribution in [0.2, 0.25) is 0 Å². The molecule has 1 saturated heterocycles. The summed E-state index contributed by atoms with van der Waals surface area (Å²) in [5.41, 5.74) is 1.85. The highest BCUT2D eigenvalue weighted by Gasteiger charge is 2.33. The minimum atomic E-state index is -1.10. The molecule has 1 heterocycles. The standard InChI is InChI=1S/C18H16F2N2O2/c1-11-2-5-13(6-3-11)22-9-8-16(18(22)24)21-17(23)12-4-7-14(19)15(20)10-12/h2-7,10,16H,8-9H2,1H3,(H,21,23). The Labute approximate surface area is 138 Å². The number of nitrogens with one attached hydrogen (secondary N) is 1. The number of amides is 2. The van der Waals surface area contributed by atoms with E-state index in [0.717, 1.165) is 23.4 Å². The first kappa shape index (κ1) is 16.1. The molecule has 1 N–H and O–H groups in total. The van der Waals surface area contributed by atoms with Gasteiger partial charge in [-0.15, -0.1) is 0 Å². The lowest BCUT2D eigenvalue weighted by atomic mass is 10.1. The number of anilines is 1.